The highest BCUT2D eigenvalue weighted by Crippen LogP contribution is 2.32. The predicted molar refractivity (Wildman–Crippen MR) is 51.2 cm³/mol. The second kappa shape index (κ2) is 4.30. The van der Waals surface area contributed by atoms with Crippen molar-refractivity contribution in [1.82, 2.24) is 0 Å². The molecule has 0 heterocycles. The molecule has 1 rings (SSSR count). The molecule has 0 aliphatic heterocycles. The molecule has 0 aliphatic carbocycles. The van der Waals surface area contributed by atoms with Crippen molar-refractivity contribution in [2.24, 2.45) is 0 Å². The van der Waals surface area contributed by atoms with Gasteiger partial charge < -0.3 is 20.1 Å². The lowest BCUT2D eigenvalue weighted by molar-refractivity contribution is 0.188. The largest absolute Gasteiger partial charge is 0.507 e. The molecule has 0 aromatic heterocycles. The lowest BCUT2D eigenvalue weighted by atomic mass is 10.0. The molecule has 3 N–H and O–H groups in total. The quantitative estimate of drug-likeness (QED) is 0.676. The fourth-order valence-corrected chi connectivity index (χ4v) is 1.40. The highest BCUT2D eigenvalue weighted by Gasteiger charge is 2.14. The van der Waals surface area contributed by atoms with Crippen LogP contribution in [0.25, 0.3) is 0 Å². The minimum absolute atomic E-state index is 0.0663. The maximum atomic E-state index is 9.55. The van der Waals surface area contributed by atoms with Crippen LogP contribution in [0.15, 0.2) is 12.1 Å². The molecule has 78 valence electrons. The average Bonchev–Trinajstić information content (AvgIpc) is 2.15. The molecular weight excluding hydrogens is 184 g/mol. The maximum absolute atomic E-state index is 9.55. The molecule has 0 bridgehead atoms. The molecule has 1 aromatic rings. The van der Waals surface area contributed by atoms with Crippen LogP contribution >= 0.6 is 0 Å². The molecule has 0 aliphatic rings. The molecule has 0 saturated carbocycles. The Morgan fingerprint density at radius 1 is 1.43 bits per heavy atom. The van der Waals surface area contributed by atoms with Gasteiger partial charge in [-0.25, -0.2) is 0 Å². The zero-order valence-electron chi connectivity index (χ0n) is 8.19. The number of phenolic OH excluding ortho intramolecular Hbond substituents is 1. The Labute approximate surface area is 82.4 Å². The number of aromatic hydroxyl groups is 1. The van der Waals surface area contributed by atoms with Gasteiger partial charge in [-0.1, -0.05) is 0 Å². The summed E-state index contributed by atoms with van der Waals surface area (Å²) < 4.78 is 4.92. The summed E-state index contributed by atoms with van der Waals surface area (Å²) in [5, 5.41) is 28.0. The summed E-state index contributed by atoms with van der Waals surface area (Å²) >= 11 is 0. The van der Waals surface area contributed by atoms with E-state index in [1.165, 1.54) is 20.1 Å². The zero-order valence-corrected chi connectivity index (χ0v) is 8.19. The van der Waals surface area contributed by atoms with Gasteiger partial charge in [-0.3, -0.25) is 0 Å². The third kappa shape index (κ3) is 1.97. The molecule has 1 unspecified atom stereocenters. The highest BCUT2D eigenvalue weighted by atomic mass is 16.5. The van der Waals surface area contributed by atoms with Crippen LogP contribution in [0.3, 0.4) is 0 Å². The summed E-state index contributed by atoms with van der Waals surface area (Å²) in [6.45, 7) is 1.28. The van der Waals surface area contributed by atoms with E-state index in [9.17, 15) is 10.2 Å². The summed E-state index contributed by atoms with van der Waals surface area (Å²) in [5.74, 6) is 0.388. The minimum atomic E-state index is -0.817. The van der Waals surface area contributed by atoms with Gasteiger partial charge in [-0.15, -0.1) is 0 Å². The van der Waals surface area contributed by atoms with Crippen LogP contribution in [0.5, 0.6) is 11.5 Å². The van der Waals surface area contributed by atoms with Crippen molar-refractivity contribution in [2.75, 3.05) is 7.11 Å². The molecule has 0 saturated heterocycles. The molecule has 4 nitrogen and oxygen atoms in total. The Kier molecular flexibility index (Phi) is 3.33. The van der Waals surface area contributed by atoms with Crippen LogP contribution in [-0.4, -0.2) is 22.4 Å². The van der Waals surface area contributed by atoms with Gasteiger partial charge in [0.2, 0.25) is 0 Å². The summed E-state index contributed by atoms with van der Waals surface area (Å²) in [6, 6.07) is 2.99. The number of aliphatic hydroxyl groups is 2. The van der Waals surface area contributed by atoms with Crippen LogP contribution in [0.2, 0.25) is 0 Å². The summed E-state index contributed by atoms with van der Waals surface area (Å²) in [7, 11) is 1.47. The number of hydrogen-bond donors (Lipinski definition) is 3. The lowest BCUT2D eigenvalue weighted by Gasteiger charge is -2.13. The Bertz CT molecular complexity index is 320. The lowest BCUT2D eigenvalue weighted by Crippen LogP contribution is -2.00. The van der Waals surface area contributed by atoms with Crippen molar-refractivity contribution in [3.05, 3.63) is 23.3 Å². The molecule has 0 radical (unpaired) electrons. The van der Waals surface area contributed by atoms with Crippen molar-refractivity contribution in [2.45, 2.75) is 19.6 Å². The SMILES string of the molecule is COc1cc(O)c(C(C)O)c(CO)c1. The normalized spacial score (nSPS) is 12.6. The third-order valence-electron chi connectivity index (χ3n) is 2.04. The van der Waals surface area contributed by atoms with Crippen molar-refractivity contribution in [3.63, 3.8) is 0 Å². The number of rotatable bonds is 3. The molecule has 1 aromatic carbocycles. The molecule has 4 heteroatoms. The topological polar surface area (TPSA) is 69.9 Å². The van der Waals surface area contributed by atoms with E-state index in [0.717, 1.165) is 0 Å². The second-order valence-corrected chi connectivity index (χ2v) is 3.05. The number of hydrogen-bond acceptors (Lipinski definition) is 4. The van der Waals surface area contributed by atoms with Gasteiger partial charge in [0.25, 0.3) is 0 Å². The first-order valence-corrected chi connectivity index (χ1v) is 4.28. The predicted octanol–water partition coefficient (Wildman–Crippen LogP) is 0.946. The van der Waals surface area contributed by atoms with Crippen LogP contribution in [0.1, 0.15) is 24.2 Å². The van der Waals surface area contributed by atoms with Crippen molar-refractivity contribution >= 4 is 0 Å². The molecule has 0 spiro atoms. The fraction of sp³-hybridized carbons (Fsp3) is 0.400. The van der Waals surface area contributed by atoms with E-state index in [2.05, 4.69) is 0 Å². The van der Waals surface area contributed by atoms with Gasteiger partial charge in [-0.05, 0) is 18.6 Å². The first-order chi connectivity index (χ1) is 6.60. The highest BCUT2D eigenvalue weighted by molar-refractivity contribution is 5.46. The smallest absolute Gasteiger partial charge is 0.125 e. The van der Waals surface area contributed by atoms with Crippen LogP contribution < -0.4 is 4.74 Å². The Morgan fingerprint density at radius 2 is 2.07 bits per heavy atom. The van der Waals surface area contributed by atoms with Gasteiger partial charge >= 0.3 is 0 Å². The molecule has 0 amide bonds. The molecule has 14 heavy (non-hydrogen) atoms. The molecule has 0 fully saturated rings. The number of aliphatic hydroxyl groups excluding tert-OH is 2. The van der Waals surface area contributed by atoms with E-state index < -0.39 is 6.10 Å². The Hall–Kier alpha value is -1.26. The Morgan fingerprint density at radius 3 is 2.50 bits per heavy atom. The number of methoxy groups -OCH3 is 1. The van der Waals surface area contributed by atoms with Gasteiger partial charge in [0.1, 0.15) is 11.5 Å². The summed E-state index contributed by atoms with van der Waals surface area (Å²) in [5.41, 5.74) is 0.810. The van der Waals surface area contributed by atoms with E-state index in [1.807, 2.05) is 0 Å². The molecule has 1 atom stereocenters. The first kappa shape index (κ1) is 10.8. The van der Waals surface area contributed by atoms with E-state index in [0.29, 0.717) is 16.9 Å². The monoisotopic (exact) mass is 198 g/mol. The van der Waals surface area contributed by atoms with Crippen molar-refractivity contribution in [1.29, 1.82) is 0 Å². The van der Waals surface area contributed by atoms with E-state index in [-0.39, 0.29) is 12.4 Å². The summed E-state index contributed by atoms with van der Waals surface area (Å²) in [4.78, 5) is 0. The standard InChI is InChI=1S/C10H14O4/c1-6(12)10-7(5-11)3-8(14-2)4-9(10)13/h3-4,6,11-13H,5H2,1-2H3. The van der Waals surface area contributed by atoms with Gasteiger partial charge in [0.15, 0.2) is 0 Å². The van der Waals surface area contributed by atoms with Crippen LogP contribution in [0.4, 0.5) is 0 Å². The summed E-state index contributed by atoms with van der Waals surface area (Å²) in [6.07, 6.45) is -0.817. The third-order valence-corrected chi connectivity index (χ3v) is 2.04. The number of phenols is 1. The average molecular weight is 198 g/mol. The van der Waals surface area contributed by atoms with Crippen LogP contribution in [-0.2, 0) is 6.61 Å². The van der Waals surface area contributed by atoms with Crippen molar-refractivity contribution < 1.29 is 20.1 Å². The fourth-order valence-electron chi connectivity index (χ4n) is 1.40. The van der Waals surface area contributed by atoms with Gasteiger partial charge in [0, 0.05) is 11.6 Å². The van der Waals surface area contributed by atoms with E-state index >= 15 is 0 Å². The first-order valence-electron chi connectivity index (χ1n) is 4.28. The second-order valence-electron chi connectivity index (χ2n) is 3.05. The zero-order chi connectivity index (χ0) is 10.7. The van der Waals surface area contributed by atoms with Gasteiger partial charge in [-0.2, -0.15) is 0 Å². The van der Waals surface area contributed by atoms with Crippen LogP contribution in [0, 0.1) is 0 Å². The van der Waals surface area contributed by atoms with E-state index in [1.54, 1.807) is 6.07 Å². The molecular formula is C10H14O4. The van der Waals surface area contributed by atoms with Crippen molar-refractivity contribution in [3.8, 4) is 11.5 Å². The van der Waals surface area contributed by atoms with E-state index in [4.69, 9.17) is 9.84 Å². The minimum Gasteiger partial charge on any atom is -0.507 e. The maximum Gasteiger partial charge on any atom is 0.125 e. The van der Waals surface area contributed by atoms with Gasteiger partial charge in [0.05, 0.1) is 19.8 Å². The number of ether oxygens (including phenoxy) is 1. The Balaban J connectivity index is 3.27. The number of benzene rings is 1.